The van der Waals surface area contributed by atoms with Crippen LogP contribution >= 0.6 is 0 Å². The smallest absolute Gasteiger partial charge is 0.418 e. The zero-order chi connectivity index (χ0) is 18.7. The number of benzene rings is 1. The molecule has 0 amide bonds. The SMILES string of the molecule is C[n+]1cccc(Cn2ncc(N=Nc3ccccc3C(F)(F)F)c2N)c1.[Cl-]. The van der Waals surface area contributed by atoms with Crippen LogP contribution in [0, 0.1) is 0 Å². The van der Waals surface area contributed by atoms with E-state index < -0.39 is 11.7 Å². The highest BCUT2D eigenvalue weighted by Gasteiger charge is 2.33. The molecule has 0 unspecified atom stereocenters. The first kappa shape index (κ1) is 20.4. The number of hydrogen-bond acceptors (Lipinski definition) is 4. The van der Waals surface area contributed by atoms with E-state index in [-0.39, 0.29) is 29.6 Å². The summed E-state index contributed by atoms with van der Waals surface area (Å²) in [6, 6.07) is 8.78. The van der Waals surface area contributed by atoms with Gasteiger partial charge in [-0.2, -0.15) is 18.3 Å². The summed E-state index contributed by atoms with van der Waals surface area (Å²) in [6.07, 6.45) is 0.682. The molecular weight excluding hydrogens is 381 g/mol. The van der Waals surface area contributed by atoms with Crippen LogP contribution in [0.4, 0.5) is 30.4 Å². The minimum Gasteiger partial charge on any atom is -1.00 e. The highest BCUT2D eigenvalue weighted by molar-refractivity contribution is 5.57. The maximum absolute atomic E-state index is 13.0. The minimum atomic E-state index is -4.51. The van der Waals surface area contributed by atoms with Crippen molar-refractivity contribution < 1.29 is 30.1 Å². The molecule has 142 valence electrons. The monoisotopic (exact) mass is 396 g/mol. The number of aryl methyl sites for hydroxylation is 1. The second kappa shape index (κ2) is 8.17. The summed E-state index contributed by atoms with van der Waals surface area (Å²) in [7, 11) is 1.90. The molecule has 0 spiro atoms. The maximum atomic E-state index is 13.0. The van der Waals surface area contributed by atoms with Crippen LogP contribution in [0.25, 0.3) is 0 Å². The Kier molecular flexibility index (Phi) is 6.17. The summed E-state index contributed by atoms with van der Waals surface area (Å²) < 4.78 is 42.4. The van der Waals surface area contributed by atoms with Gasteiger partial charge in [-0.25, -0.2) is 9.25 Å². The standard InChI is InChI=1S/C17H16F3N6.ClH/c1-25-8-4-5-12(10-25)11-26-16(21)15(9-22-26)24-23-14-7-3-2-6-13(14)17(18,19)20;/h2-10H,11,21H2,1H3;1H/q+1;/p-1. The molecule has 0 bridgehead atoms. The van der Waals surface area contributed by atoms with Crippen LogP contribution in [-0.2, 0) is 19.8 Å². The van der Waals surface area contributed by atoms with Crippen LogP contribution in [0.15, 0.2) is 65.2 Å². The number of nitrogen functional groups attached to an aromatic ring is 1. The van der Waals surface area contributed by atoms with Crippen LogP contribution in [0.5, 0.6) is 0 Å². The number of aromatic nitrogens is 3. The molecule has 0 aliphatic carbocycles. The number of anilines is 1. The zero-order valence-corrected chi connectivity index (χ0v) is 15.0. The largest absolute Gasteiger partial charge is 1.00 e. The predicted octanol–water partition coefficient (Wildman–Crippen LogP) is 0.776. The third kappa shape index (κ3) is 4.82. The molecule has 2 aromatic heterocycles. The second-order valence-corrected chi connectivity index (χ2v) is 5.67. The Morgan fingerprint density at radius 1 is 1.11 bits per heavy atom. The molecule has 3 rings (SSSR count). The van der Waals surface area contributed by atoms with Gasteiger partial charge in [-0.15, -0.1) is 10.2 Å². The molecule has 0 aliphatic rings. The topological polar surface area (TPSA) is 72.4 Å². The fraction of sp³-hybridized carbons (Fsp3) is 0.176. The Labute approximate surface area is 159 Å². The van der Waals surface area contributed by atoms with Crippen LogP contribution in [0.2, 0.25) is 0 Å². The molecule has 1 aromatic carbocycles. The van der Waals surface area contributed by atoms with Gasteiger partial charge >= 0.3 is 6.18 Å². The molecule has 6 nitrogen and oxygen atoms in total. The Hall–Kier alpha value is -2.94. The number of halogens is 4. The van der Waals surface area contributed by atoms with Gasteiger partial charge in [0.15, 0.2) is 12.4 Å². The maximum Gasteiger partial charge on any atom is 0.418 e. The lowest BCUT2D eigenvalue weighted by Crippen LogP contribution is -3.00. The number of hydrogen-bond donors (Lipinski definition) is 1. The van der Waals surface area contributed by atoms with E-state index in [9.17, 15) is 13.2 Å². The summed E-state index contributed by atoms with van der Waals surface area (Å²) in [5, 5.41) is 11.7. The van der Waals surface area contributed by atoms with Gasteiger partial charge in [0.1, 0.15) is 18.6 Å². The van der Waals surface area contributed by atoms with E-state index in [1.807, 2.05) is 36.1 Å². The molecule has 2 heterocycles. The van der Waals surface area contributed by atoms with Gasteiger partial charge in [-0.3, -0.25) is 0 Å². The normalized spacial score (nSPS) is 11.6. The van der Waals surface area contributed by atoms with Crippen molar-refractivity contribution in [2.24, 2.45) is 17.3 Å². The average Bonchev–Trinajstić information content (AvgIpc) is 2.93. The quantitative estimate of drug-likeness (QED) is 0.523. The first-order chi connectivity index (χ1) is 12.3. The first-order valence-electron chi connectivity index (χ1n) is 7.68. The number of nitrogens with zero attached hydrogens (tertiary/aromatic N) is 5. The highest BCUT2D eigenvalue weighted by Crippen LogP contribution is 2.37. The summed E-state index contributed by atoms with van der Waals surface area (Å²) in [4.78, 5) is 0. The molecule has 10 heteroatoms. The van der Waals surface area contributed by atoms with Gasteiger partial charge in [-0.1, -0.05) is 12.1 Å². The summed E-state index contributed by atoms with van der Waals surface area (Å²) >= 11 is 0. The molecule has 0 atom stereocenters. The van der Waals surface area contributed by atoms with Gasteiger partial charge in [-0.05, 0) is 18.2 Å². The molecule has 0 saturated heterocycles. The number of azo groups is 1. The van der Waals surface area contributed by atoms with Gasteiger partial charge in [0.2, 0.25) is 0 Å². The van der Waals surface area contributed by atoms with Crippen molar-refractivity contribution in [2.45, 2.75) is 12.7 Å². The number of pyridine rings is 1. The molecule has 0 saturated carbocycles. The van der Waals surface area contributed by atoms with E-state index in [4.69, 9.17) is 5.73 Å². The van der Waals surface area contributed by atoms with Crippen molar-refractivity contribution >= 4 is 17.2 Å². The molecule has 0 radical (unpaired) electrons. The van der Waals surface area contributed by atoms with E-state index in [1.54, 1.807) is 0 Å². The molecular formula is C17H16ClF3N6. The fourth-order valence-electron chi connectivity index (χ4n) is 2.41. The van der Waals surface area contributed by atoms with Crippen molar-refractivity contribution in [2.75, 3.05) is 5.73 Å². The van der Waals surface area contributed by atoms with Crippen molar-refractivity contribution in [3.63, 3.8) is 0 Å². The number of alkyl halides is 3. The van der Waals surface area contributed by atoms with Crippen LogP contribution in [0.3, 0.4) is 0 Å². The second-order valence-electron chi connectivity index (χ2n) is 5.67. The molecule has 3 aromatic rings. The third-order valence-corrected chi connectivity index (χ3v) is 3.67. The summed E-state index contributed by atoms with van der Waals surface area (Å²) in [6.45, 7) is 0.412. The van der Waals surface area contributed by atoms with Gasteiger partial charge in [0, 0.05) is 11.6 Å². The Morgan fingerprint density at radius 3 is 2.52 bits per heavy atom. The average molecular weight is 397 g/mol. The van der Waals surface area contributed by atoms with Crippen molar-refractivity contribution in [3.8, 4) is 0 Å². The van der Waals surface area contributed by atoms with Crippen molar-refractivity contribution in [3.05, 3.63) is 66.1 Å². The van der Waals surface area contributed by atoms with Gasteiger partial charge in [0.05, 0.1) is 24.0 Å². The van der Waals surface area contributed by atoms with Crippen molar-refractivity contribution in [1.29, 1.82) is 0 Å². The molecule has 2 N–H and O–H groups in total. The minimum absolute atomic E-state index is 0. The van der Waals surface area contributed by atoms with Crippen molar-refractivity contribution in [1.82, 2.24) is 9.78 Å². The Bertz CT molecular complexity index is 952. The van der Waals surface area contributed by atoms with E-state index in [0.29, 0.717) is 6.54 Å². The number of rotatable bonds is 4. The van der Waals surface area contributed by atoms with Crippen LogP contribution < -0.4 is 22.7 Å². The zero-order valence-electron chi connectivity index (χ0n) is 14.2. The number of nitrogens with two attached hydrogens (primary N) is 1. The highest BCUT2D eigenvalue weighted by atomic mass is 35.5. The van der Waals surface area contributed by atoms with Gasteiger partial charge < -0.3 is 18.1 Å². The predicted molar refractivity (Wildman–Crippen MR) is 89.0 cm³/mol. The fourth-order valence-corrected chi connectivity index (χ4v) is 2.41. The summed E-state index contributed by atoms with van der Waals surface area (Å²) in [5.41, 5.74) is 6.04. The lowest BCUT2D eigenvalue weighted by molar-refractivity contribution is -0.671. The molecule has 0 fully saturated rings. The van der Waals surface area contributed by atoms with Gasteiger partial charge in [0.25, 0.3) is 0 Å². The van der Waals surface area contributed by atoms with Crippen LogP contribution in [0.1, 0.15) is 11.1 Å². The molecule has 0 aliphatic heterocycles. The lowest BCUT2D eigenvalue weighted by Gasteiger charge is -2.08. The first-order valence-corrected chi connectivity index (χ1v) is 7.68. The third-order valence-electron chi connectivity index (χ3n) is 3.67. The Morgan fingerprint density at radius 2 is 1.81 bits per heavy atom. The molecule has 27 heavy (non-hydrogen) atoms. The van der Waals surface area contributed by atoms with E-state index in [2.05, 4.69) is 15.3 Å². The van der Waals surface area contributed by atoms with Crippen LogP contribution in [-0.4, -0.2) is 9.78 Å². The van der Waals surface area contributed by atoms with E-state index in [1.165, 1.54) is 29.1 Å². The van der Waals surface area contributed by atoms with E-state index in [0.717, 1.165) is 11.6 Å². The summed E-state index contributed by atoms with van der Waals surface area (Å²) in [5.74, 6) is 0.227. The lowest BCUT2D eigenvalue weighted by atomic mass is 10.2. The van der Waals surface area contributed by atoms with E-state index >= 15 is 0 Å². The Balaban J connectivity index is 0.00000261.